The highest BCUT2D eigenvalue weighted by Gasteiger charge is 2.46. The van der Waals surface area contributed by atoms with Gasteiger partial charge >= 0.3 is 19.7 Å². The van der Waals surface area contributed by atoms with Crippen LogP contribution in [0, 0.1) is 0 Å². The minimum atomic E-state index is -4.61. The van der Waals surface area contributed by atoms with Gasteiger partial charge in [0.1, 0.15) is 12.6 Å². The molecule has 0 aliphatic heterocycles. The number of esters is 1. The molecule has 0 bridgehead atoms. The Bertz CT molecular complexity index is 865. The van der Waals surface area contributed by atoms with Gasteiger partial charge in [-0.25, -0.2) is 9.59 Å². The molecule has 1 aromatic rings. The second-order valence-electron chi connectivity index (χ2n) is 7.71. The number of hydrogen-bond donors (Lipinski definition) is 4. The van der Waals surface area contributed by atoms with Gasteiger partial charge in [0.15, 0.2) is 0 Å². The standard InChI is InChI=1S/C23H35N2O8P/c1-4-23(5-2,34(29,30)31)19(15-20(25-17-26)21(27)32-3)13-9-10-14-24-22(28)33-16-18-11-7-6-8-12-18/h6-8,11-12,15,17,20H,4-5,9-10,13-14,16H2,1-3H3,(H,24,28)(H,25,26)(H2,29,30,31). The lowest BCUT2D eigenvalue weighted by atomic mass is 9.87. The minimum Gasteiger partial charge on any atom is -0.467 e. The average molecular weight is 499 g/mol. The second kappa shape index (κ2) is 14.6. The lowest BCUT2D eigenvalue weighted by Crippen LogP contribution is -2.38. The SMILES string of the molecule is CCC(CC)(C(=CC(NC=O)C(=O)OC)CCCCNC(=O)OCc1ccccc1)P(=O)(O)O. The largest absolute Gasteiger partial charge is 0.467 e. The van der Waals surface area contributed by atoms with E-state index in [9.17, 15) is 28.7 Å². The molecule has 0 heterocycles. The smallest absolute Gasteiger partial charge is 0.407 e. The van der Waals surface area contributed by atoms with Crippen LogP contribution in [0.1, 0.15) is 51.5 Å². The lowest BCUT2D eigenvalue weighted by Gasteiger charge is -2.36. The van der Waals surface area contributed by atoms with Crippen LogP contribution < -0.4 is 10.6 Å². The molecule has 0 saturated carbocycles. The second-order valence-corrected chi connectivity index (χ2v) is 9.65. The van der Waals surface area contributed by atoms with Crippen LogP contribution in [0.25, 0.3) is 0 Å². The topological polar surface area (TPSA) is 151 Å². The molecule has 4 N–H and O–H groups in total. The van der Waals surface area contributed by atoms with E-state index < -0.39 is 30.9 Å². The molecule has 0 aliphatic rings. The number of benzene rings is 1. The first-order valence-electron chi connectivity index (χ1n) is 11.1. The summed E-state index contributed by atoms with van der Waals surface area (Å²) in [7, 11) is -3.45. The fourth-order valence-corrected chi connectivity index (χ4v) is 5.15. The molecular formula is C23H35N2O8P. The monoisotopic (exact) mass is 498 g/mol. The molecule has 0 aliphatic carbocycles. The van der Waals surface area contributed by atoms with Crippen molar-refractivity contribution in [2.24, 2.45) is 0 Å². The first-order chi connectivity index (χ1) is 16.1. The van der Waals surface area contributed by atoms with Crippen LogP contribution in [0.15, 0.2) is 42.0 Å². The van der Waals surface area contributed by atoms with Crippen molar-refractivity contribution < 1.29 is 38.2 Å². The third kappa shape index (κ3) is 8.59. The van der Waals surface area contributed by atoms with Crippen molar-refractivity contribution in [1.29, 1.82) is 0 Å². The summed E-state index contributed by atoms with van der Waals surface area (Å²) < 4.78 is 22.3. The summed E-state index contributed by atoms with van der Waals surface area (Å²) in [6.07, 6.45) is 2.64. The number of unbranched alkanes of at least 4 members (excludes halogenated alkanes) is 1. The maximum absolute atomic E-state index is 12.5. The van der Waals surface area contributed by atoms with E-state index in [0.29, 0.717) is 31.4 Å². The summed E-state index contributed by atoms with van der Waals surface area (Å²) in [6, 6.07) is 8.08. The predicted octanol–water partition coefficient (Wildman–Crippen LogP) is 3.03. The summed E-state index contributed by atoms with van der Waals surface area (Å²) in [5.41, 5.74) is 1.23. The highest BCUT2D eigenvalue weighted by Crippen LogP contribution is 2.59. The van der Waals surface area contributed by atoms with Crippen LogP contribution in [0.4, 0.5) is 4.79 Å². The summed E-state index contributed by atoms with van der Waals surface area (Å²) in [5, 5.41) is 3.49. The number of ether oxygens (including phenoxy) is 2. The van der Waals surface area contributed by atoms with Crippen LogP contribution in [-0.2, 0) is 30.2 Å². The number of methoxy groups -OCH3 is 1. The van der Waals surface area contributed by atoms with Gasteiger partial charge in [0.2, 0.25) is 6.41 Å². The Morgan fingerprint density at radius 2 is 1.79 bits per heavy atom. The van der Waals surface area contributed by atoms with Crippen LogP contribution in [0.3, 0.4) is 0 Å². The van der Waals surface area contributed by atoms with E-state index >= 15 is 0 Å². The molecule has 2 amide bonds. The highest BCUT2D eigenvalue weighted by molar-refractivity contribution is 7.53. The van der Waals surface area contributed by atoms with Crippen molar-refractivity contribution in [3.05, 3.63) is 47.5 Å². The first-order valence-corrected chi connectivity index (χ1v) is 12.7. The number of alkyl carbamates (subject to hydrolysis) is 1. The molecule has 0 aromatic heterocycles. The summed E-state index contributed by atoms with van der Waals surface area (Å²) in [4.78, 5) is 55.2. The third-order valence-corrected chi connectivity index (χ3v) is 7.79. The van der Waals surface area contributed by atoms with E-state index in [0.717, 1.165) is 12.7 Å². The van der Waals surface area contributed by atoms with E-state index in [4.69, 9.17) is 9.47 Å². The number of nitrogens with one attached hydrogen (secondary N) is 2. The Morgan fingerprint density at radius 3 is 2.32 bits per heavy atom. The number of hydrogen-bond acceptors (Lipinski definition) is 6. The van der Waals surface area contributed by atoms with E-state index in [1.54, 1.807) is 13.8 Å². The van der Waals surface area contributed by atoms with Crippen molar-refractivity contribution in [3.8, 4) is 0 Å². The van der Waals surface area contributed by atoms with E-state index in [1.807, 2.05) is 30.3 Å². The fraction of sp³-hybridized carbons (Fsp3) is 0.522. The lowest BCUT2D eigenvalue weighted by molar-refractivity contribution is -0.142. The van der Waals surface area contributed by atoms with Crippen molar-refractivity contribution >= 4 is 26.1 Å². The van der Waals surface area contributed by atoms with Crippen molar-refractivity contribution in [2.45, 2.75) is 63.8 Å². The van der Waals surface area contributed by atoms with Crippen molar-refractivity contribution in [3.63, 3.8) is 0 Å². The zero-order chi connectivity index (χ0) is 25.6. The molecule has 0 radical (unpaired) electrons. The number of rotatable bonds is 15. The van der Waals surface area contributed by atoms with Gasteiger partial charge in [0.05, 0.1) is 12.3 Å². The Balaban J connectivity index is 2.83. The Hall–Kier alpha value is -2.68. The molecule has 34 heavy (non-hydrogen) atoms. The third-order valence-electron chi connectivity index (χ3n) is 5.75. The first kappa shape index (κ1) is 29.4. The van der Waals surface area contributed by atoms with Gasteiger partial charge in [-0.3, -0.25) is 9.36 Å². The molecule has 0 saturated heterocycles. The van der Waals surface area contributed by atoms with E-state index in [1.165, 1.54) is 6.08 Å². The zero-order valence-corrected chi connectivity index (χ0v) is 20.8. The van der Waals surface area contributed by atoms with Gasteiger partial charge in [-0.2, -0.15) is 0 Å². The van der Waals surface area contributed by atoms with Crippen LogP contribution in [-0.4, -0.2) is 53.1 Å². The quantitative estimate of drug-likeness (QED) is 0.0947. The van der Waals surface area contributed by atoms with Gasteiger partial charge in [0, 0.05) is 6.54 Å². The maximum Gasteiger partial charge on any atom is 0.407 e. The maximum atomic E-state index is 12.5. The molecule has 0 fully saturated rings. The highest BCUT2D eigenvalue weighted by atomic mass is 31.2. The zero-order valence-electron chi connectivity index (χ0n) is 19.9. The fourth-order valence-electron chi connectivity index (χ4n) is 3.76. The molecule has 1 atom stereocenters. The molecule has 1 rings (SSSR count). The van der Waals surface area contributed by atoms with Gasteiger partial charge < -0.3 is 29.9 Å². The van der Waals surface area contributed by atoms with E-state index in [2.05, 4.69) is 10.6 Å². The van der Waals surface area contributed by atoms with Gasteiger partial charge in [-0.1, -0.05) is 55.8 Å². The molecular weight excluding hydrogens is 463 g/mol. The summed E-state index contributed by atoms with van der Waals surface area (Å²) >= 11 is 0. The molecule has 10 nitrogen and oxygen atoms in total. The molecule has 190 valence electrons. The molecule has 1 unspecified atom stereocenters. The van der Waals surface area contributed by atoms with Gasteiger partial charge in [-0.15, -0.1) is 0 Å². The number of carbonyl (C=O) groups excluding carboxylic acids is 3. The number of allylic oxidation sites excluding steroid dienone is 1. The van der Waals surface area contributed by atoms with Crippen LogP contribution >= 0.6 is 7.60 Å². The summed E-state index contributed by atoms with van der Waals surface area (Å²) in [5.74, 6) is -0.751. The number of carbonyl (C=O) groups is 3. The normalized spacial score (nSPS) is 13.0. The molecule has 1 aromatic carbocycles. The molecule has 0 spiro atoms. The van der Waals surface area contributed by atoms with Crippen LogP contribution in [0.5, 0.6) is 0 Å². The van der Waals surface area contributed by atoms with Crippen LogP contribution in [0.2, 0.25) is 0 Å². The van der Waals surface area contributed by atoms with Gasteiger partial charge in [-0.05, 0) is 37.7 Å². The molecule has 11 heteroatoms. The van der Waals surface area contributed by atoms with Crippen molar-refractivity contribution in [2.75, 3.05) is 13.7 Å². The summed E-state index contributed by atoms with van der Waals surface area (Å²) in [6.45, 7) is 3.78. The Kier molecular flexibility index (Phi) is 12.6. The Morgan fingerprint density at radius 1 is 1.15 bits per heavy atom. The average Bonchev–Trinajstić information content (AvgIpc) is 2.82. The number of amides is 2. The Labute approximate surface area is 200 Å². The van der Waals surface area contributed by atoms with Crippen molar-refractivity contribution in [1.82, 2.24) is 10.6 Å². The minimum absolute atomic E-state index is 0.138. The van der Waals surface area contributed by atoms with Gasteiger partial charge in [0.25, 0.3) is 0 Å². The predicted molar refractivity (Wildman–Crippen MR) is 127 cm³/mol. The van der Waals surface area contributed by atoms with E-state index in [-0.39, 0.29) is 25.9 Å².